The zero-order valence-electron chi connectivity index (χ0n) is 15.1. The van der Waals surface area contributed by atoms with E-state index in [9.17, 15) is 13.2 Å². The van der Waals surface area contributed by atoms with Crippen molar-refractivity contribution in [1.29, 1.82) is 0 Å². The second-order valence-electron chi connectivity index (χ2n) is 5.42. The summed E-state index contributed by atoms with van der Waals surface area (Å²) in [6, 6.07) is 2.16. The molecule has 2 aromatic heterocycles. The zero-order chi connectivity index (χ0) is 19.7. The van der Waals surface area contributed by atoms with Gasteiger partial charge in [-0.25, -0.2) is 4.98 Å². The average molecular weight is 385 g/mol. The predicted octanol–water partition coefficient (Wildman–Crippen LogP) is 1.50. The fraction of sp³-hybridized carbons (Fsp3) is 0.500. The molecular formula is C16H22F3N7O. The number of pyridine rings is 1. The van der Waals surface area contributed by atoms with E-state index in [1.807, 2.05) is 11.5 Å². The Kier molecular flexibility index (Phi) is 7.38. The van der Waals surface area contributed by atoms with Gasteiger partial charge in [-0.1, -0.05) is 6.92 Å². The van der Waals surface area contributed by atoms with E-state index in [0.717, 1.165) is 18.3 Å². The number of ether oxygens (including phenoxy) is 1. The lowest BCUT2D eigenvalue weighted by Crippen LogP contribution is -2.40. The highest BCUT2D eigenvalue weighted by Gasteiger charge is 2.34. The maximum atomic E-state index is 12.9. The molecule has 0 bridgehead atoms. The Morgan fingerprint density at radius 1 is 1.30 bits per heavy atom. The third-order valence-corrected chi connectivity index (χ3v) is 3.59. The van der Waals surface area contributed by atoms with Gasteiger partial charge < -0.3 is 19.9 Å². The van der Waals surface area contributed by atoms with Crippen molar-refractivity contribution in [3.05, 3.63) is 36.0 Å². The molecule has 0 unspecified atom stereocenters. The van der Waals surface area contributed by atoms with Gasteiger partial charge in [-0.2, -0.15) is 13.2 Å². The normalized spacial score (nSPS) is 12.1. The molecule has 11 heteroatoms. The number of alkyl halides is 3. The summed E-state index contributed by atoms with van der Waals surface area (Å²) in [5.41, 5.74) is -0.895. The van der Waals surface area contributed by atoms with E-state index in [1.54, 1.807) is 13.4 Å². The van der Waals surface area contributed by atoms with Crippen LogP contribution in [-0.2, 0) is 19.1 Å². The molecule has 0 aliphatic heterocycles. The Balaban J connectivity index is 1.74. The van der Waals surface area contributed by atoms with Crippen LogP contribution in [0.25, 0.3) is 0 Å². The molecule has 148 valence electrons. The lowest BCUT2D eigenvalue weighted by molar-refractivity contribution is -0.139. The van der Waals surface area contributed by atoms with Gasteiger partial charge in [-0.3, -0.25) is 4.99 Å². The monoisotopic (exact) mass is 385 g/mol. The Hall–Kier alpha value is -2.85. The van der Waals surface area contributed by atoms with E-state index in [1.165, 1.54) is 12.3 Å². The lowest BCUT2D eigenvalue weighted by atomic mass is 10.2. The van der Waals surface area contributed by atoms with E-state index in [-0.39, 0.29) is 13.2 Å². The molecule has 0 amide bonds. The summed E-state index contributed by atoms with van der Waals surface area (Å²) < 4.78 is 45.7. The highest BCUT2D eigenvalue weighted by atomic mass is 19.4. The van der Waals surface area contributed by atoms with E-state index in [4.69, 9.17) is 4.74 Å². The van der Waals surface area contributed by atoms with Crippen molar-refractivity contribution >= 4 is 5.96 Å². The number of hydrogen-bond acceptors (Lipinski definition) is 5. The minimum atomic E-state index is -4.51. The molecule has 0 atom stereocenters. The molecule has 0 fully saturated rings. The first-order chi connectivity index (χ1) is 13.0. The molecule has 0 spiro atoms. The average Bonchev–Trinajstić information content (AvgIpc) is 3.10. The number of rotatable bonds is 8. The molecule has 2 aromatic rings. The second kappa shape index (κ2) is 9.74. The van der Waals surface area contributed by atoms with Gasteiger partial charge in [0.15, 0.2) is 5.96 Å². The molecule has 0 aromatic carbocycles. The van der Waals surface area contributed by atoms with Crippen molar-refractivity contribution in [2.75, 3.05) is 26.7 Å². The summed E-state index contributed by atoms with van der Waals surface area (Å²) >= 11 is 0. The Morgan fingerprint density at radius 2 is 2.07 bits per heavy atom. The molecule has 0 aliphatic carbocycles. The van der Waals surface area contributed by atoms with Crippen molar-refractivity contribution < 1.29 is 17.9 Å². The fourth-order valence-electron chi connectivity index (χ4n) is 2.29. The topological polar surface area (TPSA) is 89.2 Å². The fourth-order valence-corrected chi connectivity index (χ4v) is 2.29. The van der Waals surface area contributed by atoms with Crippen molar-refractivity contribution in [2.45, 2.75) is 26.1 Å². The summed E-state index contributed by atoms with van der Waals surface area (Å²) in [7, 11) is 1.60. The van der Waals surface area contributed by atoms with Crippen molar-refractivity contribution in [2.24, 2.45) is 4.99 Å². The summed E-state index contributed by atoms with van der Waals surface area (Å²) in [4.78, 5) is 7.70. The van der Waals surface area contributed by atoms with Gasteiger partial charge in [0.1, 0.15) is 24.3 Å². The molecule has 0 saturated carbocycles. The first-order valence-electron chi connectivity index (χ1n) is 8.42. The summed E-state index contributed by atoms with van der Waals surface area (Å²) in [5.74, 6) is 0.972. The minimum absolute atomic E-state index is 0.00617. The number of nitrogens with zero attached hydrogens (tertiary/aromatic N) is 5. The summed E-state index contributed by atoms with van der Waals surface area (Å²) in [6.45, 7) is 3.52. The van der Waals surface area contributed by atoms with Crippen LogP contribution in [0.1, 0.15) is 18.3 Å². The van der Waals surface area contributed by atoms with Gasteiger partial charge in [0, 0.05) is 32.8 Å². The molecule has 27 heavy (non-hydrogen) atoms. The molecule has 0 aliphatic rings. The van der Waals surface area contributed by atoms with Crippen LogP contribution in [0.2, 0.25) is 0 Å². The van der Waals surface area contributed by atoms with Gasteiger partial charge >= 0.3 is 6.18 Å². The van der Waals surface area contributed by atoms with Crippen LogP contribution in [0.15, 0.2) is 29.6 Å². The smallest absolute Gasteiger partial charge is 0.421 e. The maximum Gasteiger partial charge on any atom is 0.421 e. The van der Waals surface area contributed by atoms with Gasteiger partial charge in [-0.15, -0.1) is 10.2 Å². The number of halogens is 3. The maximum absolute atomic E-state index is 12.9. The summed E-state index contributed by atoms with van der Waals surface area (Å²) in [6.07, 6.45) is -0.796. The Labute approximate surface area is 154 Å². The van der Waals surface area contributed by atoms with Gasteiger partial charge in [-0.05, 0) is 12.1 Å². The lowest BCUT2D eigenvalue weighted by Gasteiger charge is -2.14. The number of aromatic nitrogens is 4. The van der Waals surface area contributed by atoms with E-state index in [2.05, 4.69) is 30.8 Å². The quantitative estimate of drug-likeness (QED) is 0.407. The van der Waals surface area contributed by atoms with Crippen LogP contribution >= 0.6 is 0 Å². The summed E-state index contributed by atoms with van der Waals surface area (Å²) in [5, 5.41) is 13.9. The van der Waals surface area contributed by atoms with Crippen LogP contribution in [0.5, 0.6) is 5.88 Å². The minimum Gasteiger partial charge on any atom is -0.475 e. The van der Waals surface area contributed by atoms with Crippen LogP contribution in [0.3, 0.4) is 0 Å². The molecular weight excluding hydrogens is 363 g/mol. The first kappa shape index (κ1) is 20.5. The predicted molar refractivity (Wildman–Crippen MR) is 93.5 cm³/mol. The SMILES string of the molecule is CCc1nncn1CCNC(=NC)NCCOc1ncccc1C(F)(F)F. The number of aryl methyl sites for hydroxylation is 1. The van der Waals surface area contributed by atoms with Crippen LogP contribution < -0.4 is 15.4 Å². The first-order valence-corrected chi connectivity index (χ1v) is 8.42. The van der Waals surface area contributed by atoms with Crippen molar-refractivity contribution in [1.82, 2.24) is 30.4 Å². The largest absolute Gasteiger partial charge is 0.475 e. The van der Waals surface area contributed by atoms with Crippen molar-refractivity contribution in [3.8, 4) is 5.88 Å². The molecule has 2 rings (SSSR count). The molecule has 0 saturated heterocycles. The van der Waals surface area contributed by atoms with E-state index < -0.39 is 17.6 Å². The molecule has 2 N–H and O–H groups in total. The standard InChI is InChI=1S/C16H22F3N7O/c1-3-13-25-24-11-26(13)9-7-22-15(20-2)23-8-10-27-14-12(16(17,18)19)5-4-6-21-14/h4-6,11H,3,7-10H2,1-2H3,(H2,20,22,23). The Bertz CT molecular complexity index is 746. The molecule has 0 radical (unpaired) electrons. The highest BCUT2D eigenvalue weighted by molar-refractivity contribution is 5.79. The van der Waals surface area contributed by atoms with E-state index >= 15 is 0 Å². The van der Waals surface area contributed by atoms with Crippen LogP contribution in [0.4, 0.5) is 13.2 Å². The molecule has 2 heterocycles. The second-order valence-corrected chi connectivity index (χ2v) is 5.42. The zero-order valence-corrected chi connectivity index (χ0v) is 15.1. The van der Waals surface area contributed by atoms with Crippen LogP contribution in [0, 0.1) is 0 Å². The van der Waals surface area contributed by atoms with Crippen LogP contribution in [-0.4, -0.2) is 52.5 Å². The number of aliphatic imine (C=N–C) groups is 1. The number of guanidine groups is 1. The van der Waals surface area contributed by atoms with Gasteiger partial charge in [0.25, 0.3) is 0 Å². The van der Waals surface area contributed by atoms with Gasteiger partial charge in [0.2, 0.25) is 5.88 Å². The third kappa shape index (κ3) is 6.12. The third-order valence-electron chi connectivity index (χ3n) is 3.59. The highest BCUT2D eigenvalue weighted by Crippen LogP contribution is 2.34. The van der Waals surface area contributed by atoms with Crippen molar-refractivity contribution in [3.63, 3.8) is 0 Å². The van der Waals surface area contributed by atoms with E-state index in [0.29, 0.717) is 19.0 Å². The number of nitrogens with one attached hydrogen (secondary N) is 2. The number of hydrogen-bond donors (Lipinski definition) is 2. The van der Waals surface area contributed by atoms with Gasteiger partial charge in [0.05, 0.1) is 6.54 Å². The Morgan fingerprint density at radius 3 is 2.78 bits per heavy atom. The molecule has 8 nitrogen and oxygen atoms in total.